The number of para-hydroxylation sites is 1. The molecule has 0 bridgehead atoms. The topological polar surface area (TPSA) is 74.7 Å². The van der Waals surface area contributed by atoms with E-state index in [0.717, 1.165) is 35.9 Å². The van der Waals surface area contributed by atoms with E-state index in [-0.39, 0.29) is 18.1 Å². The van der Waals surface area contributed by atoms with Crippen molar-refractivity contribution in [2.75, 3.05) is 37.8 Å². The predicted octanol–water partition coefficient (Wildman–Crippen LogP) is 4.81. The molecule has 37 heavy (non-hydrogen) atoms. The number of aliphatic hydroxyl groups excluding tert-OH is 2. The standard InChI is InChI=1S/C31H39NO5/c1-4-26(33)20-35-28-14-10-23(11-15-28)31(2,3)24-12-16-29(17-13-24)36-21-27(34)18-32(19-30-22-37-30)25-8-6-5-7-9-25/h5-17,26-27,30,33-34H,4,18-22H2,1-3H3. The van der Waals surface area contributed by atoms with Crippen molar-refractivity contribution in [3.05, 3.63) is 90.0 Å². The van der Waals surface area contributed by atoms with Crippen molar-refractivity contribution in [3.63, 3.8) is 0 Å². The molecule has 0 spiro atoms. The van der Waals surface area contributed by atoms with E-state index in [1.54, 1.807) is 0 Å². The lowest BCUT2D eigenvalue weighted by molar-refractivity contribution is 0.104. The zero-order valence-electron chi connectivity index (χ0n) is 22.0. The van der Waals surface area contributed by atoms with Crippen LogP contribution in [0.4, 0.5) is 5.69 Å². The number of ether oxygens (including phenoxy) is 3. The van der Waals surface area contributed by atoms with Crippen LogP contribution in [0.5, 0.6) is 11.5 Å². The minimum atomic E-state index is -0.630. The zero-order chi connectivity index (χ0) is 26.3. The Labute approximate surface area is 220 Å². The normalized spacial score (nSPS) is 16.6. The van der Waals surface area contributed by atoms with Crippen molar-refractivity contribution in [2.24, 2.45) is 0 Å². The first-order chi connectivity index (χ1) is 17.8. The van der Waals surface area contributed by atoms with Gasteiger partial charge in [-0.15, -0.1) is 0 Å². The molecule has 3 unspecified atom stereocenters. The predicted molar refractivity (Wildman–Crippen MR) is 147 cm³/mol. The van der Waals surface area contributed by atoms with Gasteiger partial charge in [-0.2, -0.15) is 0 Å². The first kappa shape index (κ1) is 27.0. The minimum Gasteiger partial charge on any atom is -0.491 e. The molecule has 2 N–H and O–H groups in total. The van der Waals surface area contributed by atoms with Gasteiger partial charge in [0.25, 0.3) is 0 Å². The molecule has 0 aliphatic carbocycles. The summed E-state index contributed by atoms with van der Waals surface area (Å²) in [5.74, 6) is 1.48. The highest BCUT2D eigenvalue weighted by molar-refractivity contribution is 5.46. The van der Waals surface area contributed by atoms with Crippen LogP contribution in [0, 0.1) is 0 Å². The van der Waals surface area contributed by atoms with Crippen molar-refractivity contribution >= 4 is 5.69 Å². The fourth-order valence-electron chi connectivity index (χ4n) is 4.26. The molecule has 1 saturated heterocycles. The highest BCUT2D eigenvalue weighted by atomic mass is 16.6. The first-order valence-corrected chi connectivity index (χ1v) is 13.1. The second kappa shape index (κ2) is 12.5. The number of rotatable bonds is 14. The van der Waals surface area contributed by atoms with Crippen LogP contribution < -0.4 is 14.4 Å². The number of benzene rings is 3. The van der Waals surface area contributed by atoms with Crippen molar-refractivity contribution in [2.45, 2.75) is 50.9 Å². The smallest absolute Gasteiger partial charge is 0.119 e. The third-order valence-corrected chi connectivity index (χ3v) is 6.89. The second-order valence-electron chi connectivity index (χ2n) is 10.2. The maximum atomic E-state index is 10.7. The van der Waals surface area contributed by atoms with E-state index in [1.165, 1.54) is 5.56 Å². The Kier molecular flexibility index (Phi) is 9.09. The van der Waals surface area contributed by atoms with Gasteiger partial charge in [0.2, 0.25) is 0 Å². The van der Waals surface area contributed by atoms with Crippen molar-refractivity contribution in [1.82, 2.24) is 0 Å². The Balaban J connectivity index is 1.31. The Morgan fingerprint density at radius 3 is 1.84 bits per heavy atom. The number of aliphatic hydroxyl groups is 2. The molecule has 6 heteroatoms. The average Bonchev–Trinajstić information content (AvgIpc) is 3.75. The van der Waals surface area contributed by atoms with Gasteiger partial charge in [0.1, 0.15) is 30.8 Å². The Bertz CT molecular complexity index is 1080. The van der Waals surface area contributed by atoms with E-state index >= 15 is 0 Å². The van der Waals surface area contributed by atoms with Crippen LogP contribution in [0.1, 0.15) is 38.3 Å². The summed E-state index contributed by atoms with van der Waals surface area (Å²) in [6.45, 7) is 8.84. The molecule has 198 valence electrons. The molecule has 1 aliphatic rings. The monoisotopic (exact) mass is 505 g/mol. The molecule has 1 aliphatic heterocycles. The summed E-state index contributed by atoms with van der Waals surface area (Å²) in [4.78, 5) is 2.15. The largest absolute Gasteiger partial charge is 0.491 e. The molecule has 1 heterocycles. The van der Waals surface area contributed by atoms with Gasteiger partial charge in [-0.25, -0.2) is 0 Å². The van der Waals surface area contributed by atoms with Crippen molar-refractivity contribution in [1.29, 1.82) is 0 Å². The highest BCUT2D eigenvalue weighted by Gasteiger charge is 2.27. The summed E-state index contributed by atoms with van der Waals surface area (Å²) in [5, 5.41) is 20.4. The quantitative estimate of drug-likeness (QED) is 0.307. The van der Waals surface area contributed by atoms with Gasteiger partial charge in [-0.1, -0.05) is 63.2 Å². The maximum absolute atomic E-state index is 10.7. The molecule has 4 rings (SSSR count). The second-order valence-corrected chi connectivity index (χ2v) is 10.2. The van der Waals surface area contributed by atoms with E-state index in [0.29, 0.717) is 19.6 Å². The van der Waals surface area contributed by atoms with Gasteiger partial charge in [-0.3, -0.25) is 0 Å². The van der Waals surface area contributed by atoms with E-state index in [9.17, 15) is 10.2 Å². The van der Waals surface area contributed by atoms with Gasteiger partial charge < -0.3 is 29.3 Å². The summed E-state index contributed by atoms with van der Waals surface area (Å²) in [6, 6.07) is 26.2. The van der Waals surface area contributed by atoms with Gasteiger partial charge >= 0.3 is 0 Å². The lowest BCUT2D eigenvalue weighted by Crippen LogP contribution is -2.38. The van der Waals surface area contributed by atoms with Crippen LogP contribution in [0.15, 0.2) is 78.9 Å². The lowest BCUT2D eigenvalue weighted by Gasteiger charge is -2.27. The van der Waals surface area contributed by atoms with Gasteiger partial charge in [-0.05, 0) is 53.9 Å². The van der Waals surface area contributed by atoms with Gasteiger partial charge in [0, 0.05) is 24.2 Å². The number of nitrogens with zero attached hydrogens (tertiary/aromatic N) is 1. The summed E-state index contributed by atoms with van der Waals surface area (Å²) < 4.78 is 17.0. The molecule has 0 radical (unpaired) electrons. The molecule has 0 amide bonds. The fraction of sp³-hybridized carbons (Fsp3) is 0.419. The van der Waals surface area contributed by atoms with E-state index in [2.05, 4.69) is 43.0 Å². The number of epoxide rings is 1. The Morgan fingerprint density at radius 2 is 1.35 bits per heavy atom. The molecular formula is C31H39NO5. The zero-order valence-corrected chi connectivity index (χ0v) is 22.0. The molecule has 6 nitrogen and oxygen atoms in total. The van der Waals surface area contributed by atoms with E-state index < -0.39 is 12.2 Å². The van der Waals surface area contributed by atoms with Gasteiger partial charge in [0.15, 0.2) is 0 Å². The number of anilines is 1. The van der Waals surface area contributed by atoms with Crippen LogP contribution >= 0.6 is 0 Å². The summed E-state index contributed by atoms with van der Waals surface area (Å²) in [6.07, 6.45) is -0.166. The van der Waals surface area contributed by atoms with Crippen molar-refractivity contribution < 1.29 is 24.4 Å². The molecule has 0 saturated carbocycles. The fourth-order valence-corrected chi connectivity index (χ4v) is 4.26. The molecule has 1 fully saturated rings. The Morgan fingerprint density at radius 1 is 0.838 bits per heavy atom. The SMILES string of the molecule is CCC(O)COc1ccc(C(C)(C)c2ccc(OCC(O)CN(CC3CO3)c3ccccc3)cc2)cc1. The summed E-state index contributed by atoms with van der Waals surface area (Å²) >= 11 is 0. The average molecular weight is 506 g/mol. The minimum absolute atomic E-state index is 0.208. The summed E-state index contributed by atoms with van der Waals surface area (Å²) in [7, 11) is 0. The number of hydrogen-bond donors (Lipinski definition) is 2. The van der Waals surface area contributed by atoms with Crippen LogP contribution in [0.2, 0.25) is 0 Å². The highest BCUT2D eigenvalue weighted by Crippen LogP contribution is 2.33. The van der Waals surface area contributed by atoms with Crippen LogP contribution in [-0.2, 0) is 10.2 Å². The maximum Gasteiger partial charge on any atom is 0.119 e. The lowest BCUT2D eigenvalue weighted by atomic mass is 9.78. The summed E-state index contributed by atoms with van der Waals surface area (Å²) in [5.41, 5.74) is 3.19. The van der Waals surface area contributed by atoms with Gasteiger partial charge in [0.05, 0.1) is 18.8 Å². The van der Waals surface area contributed by atoms with Crippen molar-refractivity contribution in [3.8, 4) is 11.5 Å². The molecule has 3 aromatic carbocycles. The van der Waals surface area contributed by atoms with E-state index in [4.69, 9.17) is 14.2 Å². The molecular weight excluding hydrogens is 466 g/mol. The molecule has 3 aromatic rings. The third kappa shape index (κ3) is 7.71. The van der Waals surface area contributed by atoms with Crippen LogP contribution in [0.3, 0.4) is 0 Å². The molecule has 3 atom stereocenters. The van der Waals surface area contributed by atoms with Crippen LogP contribution in [0.25, 0.3) is 0 Å². The Hall–Kier alpha value is -3.06. The number of hydrogen-bond acceptors (Lipinski definition) is 6. The molecule has 0 aromatic heterocycles. The third-order valence-electron chi connectivity index (χ3n) is 6.89. The first-order valence-electron chi connectivity index (χ1n) is 13.1. The van der Waals surface area contributed by atoms with Crippen LogP contribution in [-0.4, -0.2) is 61.4 Å². The van der Waals surface area contributed by atoms with E-state index in [1.807, 2.05) is 61.5 Å².